The summed E-state index contributed by atoms with van der Waals surface area (Å²) >= 11 is 0. The number of carbonyl (C=O) groups excluding carboxylic acids is 3. The minimum absolute atomic E-state index is 0.00236. The fraction of sp³-hybridized carbons (Fsp3) is 0.873. The molecular formula is C102H162O48. The molecule has 14 rings (SSSR count). The first-order chi connectivity index (χ1) is 70.2. The predicted octanol–water partition coefficient (Wildman–Crippen LogP) is -5.16. The Morgan fingerprint density at radius 1 is 0.413 bits per heavy atom. The van der Waals surface area contributed by atoms with E-state index in [4.69, 9.17) is 94.7 Å². The number of ether oxygens (including phenoxy) is 20. The molecule has 9 aliphatic heterocycles. The van der Waals surface area contributed by atoms with Gasteiger partial charge in [-0.25, -0.2) is 9.59 Å². The van der Waals surface area contributed by atoms with E-state index in [1.807, 2.05) is 27.7 Å². The van der Waals surface area contributed by atoms with Gasteiger partial charge in [0.15, 0.2) is 62.5 Å². The van der Waals surface area contributed by atoms with Crippen molar-refractivity contribution < 1.29 is 237 Å². The maximum Gasteiger partial charge on any atom is 0.333 e. The van der Waals surface area contributed by atoms with Crippen LogP contribution in [0.3, 0.4) is 0 Å². The molecule has 0 unspecified atom stereocenters. The summed E-state index contributed by atoms with van der Waals surface area (Å²) in [4.78, 5) is 45.4. The van der Waals surface area contributed by atoms with Crippen LogP contribution in [0.25, 0.3) is 0 Å². The second-order valence-electron chi connectivity index (χ2n) is 46.2. The number of allylic oxidation sites excluding steroid dienone is 4. The zero-order chi connectivity index (χ0) is 110. The highest BCUT2D eigenvalue weighted by atomic mass is 16.8. The number of fused-ring (bicyclic) bond motifs is 7. The number of aliphatic hydroxyl groups excluding tert-OH is 25. The Balaban J connectivity index is 0.710. The molecule has 0 spiro atoms. The van der Waals surface area contributed by atoms with E-state index in [1.54, 1.807) is 26.0 Å². The van der Waals surface area contributed by atoms with Gasteiger partial charge in [-0.15, -0.1) is 13.2 Å². The zero-order valence-electron chi connectivity index (χ0n) is 87.2. The van der Waals surface area contributed by atoms with Crippen LogP contribution in [0.4, 0.5) is 0 Å². The zero-order valence-corrected chi connectivity index (χ0v) is 87.2. The van der Waals surface area contributed by atoms with Gasteiger partial charge >= 0.3 is 17.9 Å². The van der Waals surface area contributed by atoms with Crippen molar-refractivity contribution in [2.75, 3.05) is 33.0 Å². The van der Waals surface area contributed by atoms with Crippen LogP contribution in [-0.4, -0.2) is 472 Å². The third kappa shape index (κ3) is 23.3. The normalized spacial score (nSPS) is 49.7. The van der Waals surface area contributed by atoms with E-state index in [-0.39, 0.29) is 67.9 Å². The molecule has 0 radical (unpaired) electrons. The van der Waals surface area contributed by atoms with Crippen LogP contribution in [0.15, 0.2) is 60.3 Å². The number of carbonyl (C=O) groups is 3. The number of rotatable bonds is 33. The third-order valence-corrected chi connectivity index (χ3v) is 35.6. The van der Waals surface area contributed by atoms with Gasteiger partial charge in [0.25, 0.3) is 0 Å². The van der Waals surface area contributed by atoms with E-state index in [0.29, 0.717) is 25.7 Å². The minimum atomic E-state index is -2.17. The molecule has 48 nitrogen and oxygen atoms in total. The lowest BCUT2D eigenvalue weighted by atomic mass is 9.33. The molecule has 0 aromatic carbocycles. The molecule has 5 aliphatic carbocycles. The summed E-state index contributed by atoms with van der Waals surface area (Å²) in [7, 11) is 0. The van der Waals surface area contributed by atoms with E-state index in [9.17, 15) is 132 Å². The molecule has 0 aromatic rings. The van der Waals surface area contributed by atoms with Crippen molar-refractivity contribution in [2.45, 2.75) is 475 Å². The average Bonchev–Trinajstić information content (AvgIpc) is 0.665. The first kappa shape index (κ1) is 121. The fourth-order valence-corrected chi connectivity index (χ4v) is 25.5. The molecule has 25 N–H and O–H groups in total. The van der Waals surface area contributed by atoms with Gasteiger partial charge in [-0.1, -0.05) is 84.4 Å². The summed E-state index contributed by atoms with van der Waals surface area (Å²) in [6.07, 6.45) is -67.2. The molecule has 14 aliphatic rings. The Kier molecular flexibility index (Phi) is 38.2. The Hall–Kier alpha value is -4.57. The van der Waals surface area contributed by atoms with Crippen molar-refractivity contribution in [3.63, 3.8) is 0 Å². The molecule has 0 bridgehead atoms. The van der Waals surface area contributed by atoms with Crippen LogP contribution >= 0.6 is 0 Å². The highest BCUT2D eigenvalue weighted by molar-refractivity contribution is 5.88. The van der Waals surface area contributed by atoms with Crippen molar-refractivity contribution >= 4 is 17.9 Å². The second kappa shape index (κ2) is 47.4. The van der Waals surface area contributed by atoms with Crippen molar-refractivity contribution in [1.29, 1.82) is 0 Å². The second-order valence-corrected chi connectivity index (χ2v) is 46.2. The van der Waals surface area contributed by atoms with E-state index < -0.39 is 389 Å². The van der Waals surface area contributed by atoms with E-state index in [2.05, 4.69) is 40.0 Å². The molecule has 9 heterocycles. The topological polar surface area (TPSA) is 742 Å². The van der Waals surface area contributed by atoms with Crippen LogP contribution < -0.4 is 0 Å². The number of esters is 3. The Morgan fingerprint density at radius 3 is 1.39 bits per heavy atom. The van der Waals surface area contributed by atoms with Gasteiger partial charge in [0, 0.05) is 23.0 Å². The summed E-state index contributed by atoms with van der Waals surface area (Å²) < 4.78 is 122. The van der Waals surface area contributed by atoms with Gasteiger partial charge < -0.3 is 222 Å². The van der Waals surface area contributed by atoms with Crippen molar-refractivity contribution in [2.24, 2.45) is 50.2 Å². The summed E-state index contributed by atoms with van der Waals surface area (Å²) in [5.41, 5.74) is -8.17. The molecule has 48 heteroatoms. The maximum atomic E-state index is 16.7. The number of aliphatic hydroxyl groups is 25. The first-order valence-corrected chi connectivity index (χ1v) is 52.1. The molecule has 150 heavy (non-hydrogen) atoms. The van der Waals surface area contributed by atoms with E-state index in [0.717, 1.165) is 5.57 Å². The summed E-state index contributed by atoms with van der Waals surface area (Å²) in [5, 5.41) is 280. The Labute approximate surface area is 869 Å². The van der Waals surface area contributed by atoms with Crippen LogP contribution in [0.2, 0.25) is 0 Å². The number of hydrogen-bond acceptors (Lipinski definition) is 48. The quantitative estimate of drug-likeness (QED) is 0.00960. The number of hydrogen-bond donors (Lipinski definition) is 25. The lowest BCUT2D eigenvalue weighted by molar-refractivity contribution is -0.385. The standard InChI is InChI=1S/C102H162O48/c1-18-97(13,149-89-75(125)65(115)58(108)42(5)134-89)29-21-23-41(4)84(129)143-78-44(7)137-90(77(127)71(78)121)150-98(14,19-2)28-20-22-40(3)83(128)141-57-34-102(94(130)148-93-82(68(118)63(113)51(36-104)139-93)146-87-76(126)70(120)79(45(8)136-87)144-85-72(122)60(110)48(105)37-131-85)47(32-95(57,9)10)46-24-25-54-99(15)30-27-56(96(11,12)53(99)26-31-100(54,16)101(46,17)33-55(102)107)142-92-81(147-88-74(124)66(116)62(112)50(35-103)138-88)69(119)64(114)52(140-92)39-133-91-80(67(117)59(109)43(6)135-91)145-86-73(123)61(111)49(106)38-132-86/h18-19,22-24,42-45,47-82,85-93,103-127H,1-2,20-21,25-39H2,3-17H3/b40-22+,41-23+/t42-,43-,44-,45-,47+,48-,49-,50-,51-,52-,53+,54-,55-,56+,57+,58-,59+,60+,61+,62-,63-,64-,65+,66+,67+,68+,69+,70-,71-,72-,73-,74-,75-,76+,77-,78-,79-,80-,81-,82-,85+,86+,87-,88+,89+,90+,91-,92+,93+,97+,98-,99+,100-,101-,102-/m1/s1. The SMILES string of the molecule is C=C[C@@](C)(CC/C=C(\C)C(=O)O[C@H]1[C@H](O)[C@@H](O)[C@H](O[C@](C)(C=C)CC/C=C(\C)C(=O)O[C@H]2C[C@]3(C(=O)O[C@@H]4O[C@H](CO)[C@@H](O)[C@H](O)[C@H]4O[C@H]4O[C@H](C)[C@@H](O[C@@H]5OC[C@@H](O)[C@H](O)[C@H]5O)[C@H](O)[C@@H]4O)[C@H](O)C[C@]4(C)C(=CC[C@@H]5[C@@]6(C)CC[C@H](O[C@@H]7O[C@H](CO[C@@H]8O[C@H](C)[C@H](O)[C@H](O)[C@H]8O[C@@H]8OC[C@@H](O)[C@H](O)[C@H]8O)[C@@H](O)[C@H](O)[C@H]7O[C@@H]7O[C@H](CO)[C@@H](O)[C@H](O)[C@H]7O)C(C)(C)[C@@H]6CC[C@]54C)[C@@H]3CC2(C)C)O[C@@H]1C)O[C@@H]1O[C@H](C)[C@@H](O)[C@H](O)[C@H]1O. The maximum absolute atomic E-state index is 16.7. The molecule has 4 saturated carbocycles. The Bertz CT molecular complexity index is 4640. The van der Waals surface area contributed by atoms with Gasteiger partial charge in [-0.05, 0) is 165 Å². The van der Waals surface area contributed by atoms with Gasteiger partial charge in [-0.3, -0.25) is 4.79 Å². The molecule has 858 valence electrons. The highest BCUT2D eigenvalue weighted by Crippen LogP contribution is 2.77. The lowest BCUT2D eigenvalue weighted by Crippen LogP contribution is -2.70. The summed E-state index contributed by atoms with van der Waals surface area (Å²) in [6.45, 7) is 30.4. The largest absolute Gasteiger partial charge is 0.458 e. The van der Waals surface area contributed by atoms with Crippen LogP contribution in [0.5, 0.6) is 0 Å². The summed E-state index contributed by atoms with van der Waals surface area (Å²) in [6, 6.07) is 0. The predicted molar refractivity (Wildman–Crippen MR) is 506 cm³/mol. The highest BCUT2D eigenvalue weighted by Gasteiger charge is 2.75. The monoisotopic (exact) mass is 2160 g/mol. The van der Waals surface area contributed by atoms with Crippen molar-refractivity contribution in [3.8, 4) is 0 Å². The van der Waals surface area contributed by atoms with Crippen molar-refractivity contribution in [3.05, 3.63) is 60.3 Å². The molecule has 55 atom stereocenters. The molecule has 13 fully saturated rings. The average molecular weight is 2160 g/mol. The lowest BCUT2D eigenvalue weighted by Gasteiger charge is -2.72. The van der Waals surface area contributed by atoms with E-state index >= 15 is 9.59 Å². The fourth-order valence-electron chi connectivity index (χ4n) is 25.5. The van der Waals surface area contributed by atoms with Crippen LogP contribution in [-0.2, 0) is 109 Å². The van der Waals surface area contributed by atoms with Crippen LogP contribution in [0.1, 0.15) is 181 Å². The Morgan fingerprint density at radius 2 is 0.833 bits per heavy atom. The smallest absolute Gasteiger partial charge is 0.333 e. The first-order valence-electron chi connectivity index (χ1n) is 52.1. The van der Waals surface area contributed by atoms with E-state index in [1.165, 1.54) is 53.7 Å². The summed E-state index contributed by atoms with van der Waals surface area (Å²) in [5.74, 6) is -4.41. The van der Waals surface area contributed by atoms with Gasteiger partial charge in [-0.2, -0.15) is 0 Å². The van der Waals surface area contributed by atoms with Crippen molar-refractivity contribution in [1.82, 2.24) is 0 Å². The third-order valence-electron chi connectivity index (χ3n) is 35.6. The molecule has 0 aromatic heterocycles. The van der Waals surface area contributed by atoms with Gasteiger partial charge in [0.1, 0.15) is 182 Å². The van der Waals surface area contributed by atoms with Gasteiger partial charge in [0.05, 0.1) is 80.9 Å². The minimum Gasteiger partial charge on any atom is -0.458 e. The molecule has 0 amide bonds. The van der Waals surface area contributed by atoms with Crippen LogP contribution in [0, 0.1) is 50.2 Å². The van der Waals surface area contributed by atoms with Gasteiger partial charge in [0.2, 0.25) is 6.29 Å². The molecule has 9 saturated heterocycles. The molecular weight excluding hydrogens is 1990 g/mol.